The lowest BCUT2D eigenvalue weighted by Crippen LogP contribution is -2.12. The van der Waals surface area contributed by atoms with Gasteiger partial charge in [-0.25, -0.2) is 13.8 Å². The highest BCUT2D eigenvalue weighted by atomic mass is 19.4. The fraction of sp³-hybridized carbons (Fsp3) is 0.333. The standard InChI is InChI=1S/C9H5F5N2O/c10-8(11)7-6(17)3-4(9(12,13)14)5(16-7)1-2-15/h3,8,17H,1H2. The summed E-state index contributed by atoms with van der Waals surface area (Å²) in [7, 11) is 0. The Hall–Kier alpha value is -1.91. The second-order valence-electron chi connectivity index (χ2n) is 3.02. The van der Waals surface area contributed by atoms with E-state index >= 15 is 0 Å². The Balaban J connectivity index is 3.42. The smallest absolute Gasteiger partial charge is 0.418 e. The van der Waals surface area contributed by atoms with Crippen molar-refractivity contribution >= 4 is 0 Å². The van der Waals surface area contributed by atoms with Crippen molar-refractivity contribution in [3.05, 3.63) is 23.0 Å². The third-order valence-electron chi connectivity index (χ3n) is 1.87. The van der Waals surface area contributed by atoms with Gasteiger partial charge in [-0.2, -0.15) is 18.4 Å². The summed E-state index contributed by atoms with van der Waals surface area (Å²) in [4.78, 5) is 2.99. The van der Waals surface area contributed by atoms with Crippen LogP contribution in [0.4, 0.5) is 22.0 Å². The summed E-state index contributed by atoms with van der Waals surface area (Å²) in [6, 6.07) is 1.55. The molecule has 1 aromatic heterocycles. The van der Waals surface area contributed by atoms with Crippen LogP contribution in [0.3, 0.4) is 0 Å². The van der Waals surface area contributed by atoms with E-state index in [-0.39, 0.29) is 6.07 Å². The zero-order valence-electron chi connectivity index (χ0n) is 8.09. The lowest BCUT2D eigenvalue weighted by molar-refractivity contribution is -0.138. The molecular weight excluding hydrogens is 247 g/mol. The minimum Gasteiger partial charge on any atom is -0.506 e. The molecule has 8 heteroatoms. The van der Waals surface area contributed by atoms with Crippen molar-refractivity contribution < 1.29 is 27.1 Å². The number of nitrogens with zero attached hydrogens (tertiary/aromatic N) is 2. The van der Waals surface area contributed by atoms with Crippen LogP contribution in [0.15, 0.2) is 6.07 Å². The van der Waals surface area contributed by atoms with E-state index in [9.17, 15) is 22.0 Å². The highest BCUT2D eigenvalue weighted by molar-refractivity contribution is 5.37. The van der Waals surface area contributed by atoms with E-state index in [0.717, 1.165) is 0 Å². The number of aromatic hydroxyl groups is 1. The third-order valence-corrected chi connectivity index (χ3v) is 1.87. The van der Waals surface area contributed by atoms with E-state index in [1.54, 1.807) is 0 Å². The zero-order valence-corrected chi connectivity index (χ0v) is 8.09. The molecule has 0 bridgehead atoms. The molecule has 0 spiro atoms. The number of alkyl halides is 5. The first-order valence-electron chi connectivity index (χ1n) is 4.22. The quantitative estimate of drug-likeness (QED) is 0.823. The number of hydrogen-bond donors (Lipinski definition) is 1. The summed E-state index contributed by atoms with van der Waals surface area (Å²) < 4.78 is 61.9. The van der Waals surface area contributed by atoms with Gasteiger partial charge >= 0.3 is 6.18 Å². The molecule has 0 aliphatic heterocycles. The number of rotatable bonds is 2. The third kappa shape index (κ3) is 2.81. The van der Waals surface area contributed by atoms with Gasteiger partial charge in [0, 0.05) is 0 Å². The highest BCUT2D eigenvalue weighted by Gasteiger charge is 2.36. The van der Waals surface area contributed by atoms with Gasteiger partial charge in [0.15, 0.2) is 0 Å². The Kier molecular flexibility index (Phi) is 3.50. The normalized spacial score (nSPS) is 11.6. The van der Waals surface area contributed by atoms with Gasteiger partial charge in [0.2, 0.25) is 0 Å². The van der Waals surface area contributed by atoms with Gasteiger partial charge in [-0.3, -0.25) is 0 Å². The molecule has 0 saturated carbocycles. The molecule has 1 rings (SSSR count). The number of aromatic nitrogens is 1. The summed E-state index contributed by atoms with van der Waals surface area (Å²) in [5.74, 6) is -1.24. The average molecular weight is 252 g/mol. The van der Waals surface area contributed by atoms with Crippen LogP contribution in [0, 0.1) is 11.3 Å². The van der Waals surface area contributed by atoms with Crippen molar-refractivity contribution in [1.29, 1.82) is 5.26 Å². The second-order valence-corrected chi connectivity index (χ2v) is 3.02. The first-order valence-corrected chi connectivity index (χ1v) is 4.22. The summed E-state index contributed by atoms with van der Waals surface area (Å²) in [6.07, 6.45) is -8.85. The summed E-state index contributed by atoms with van der Waals surface area (Å²) in [5, 5.41) is 17.3. The highest BCUT2D eigenvalue weighted by Crippen LogP contribution is 2.36. The Labute approximate surface area is 92.1 Å². The molecule has 3 nitrogen and oxygen atoms in total. The van der Waals surface area contributed by atoms with E-state index in [0.29, 0.717) is 0 Å². The number of pyridine rings is 1. The minimum atomic E-state index is -4.86. The first kappa shape index (κ1) is 13.2. The Bertz CT molecular complexity index is 464. The van der Waals surface area contributed by atoms with Crippen LogP contribution >= 0.6 is 0 Å². The van der Waals surface area contributed by atoms with E-state index < -0.39 is 41.7 Å². The molecule has 0 unspecified atom stereocenters. The molecule has 92 valence electrons. The topological polar surface area (TPSA) is 56.9 Å². The molecule has 1 aromatic rings. The molecule has 0 atom stereocenters. The van der Waals surface area contributed by atoms with E-state index in [4.69, 9.17) is 10.4 Å². The lowest BCUT2D eigenvalue weighted by atomic mass is 10.1. The zero-order chi connectivity index (χ0) is 13.2. The summed E-state index contributed by atoms with van der Waals surface area (Å²) in [5.41, 5.74) is -3.38. The summed E-state index contributed by atoms with van der Waals surface area (Å²) >= 11 is 0. The monoisotopic (exact) mass is 252 g/mol. The van der Waals surface area contributed by atoms with Crippen LogP contribution in [0.25, 0.3) is 0 Å². The van der Waals surface area contributed by atoms with Crippen molar-refractivity contribution in [3.8, 4) is 11.8 Å². The van der Waals surface area contributed by atoms with Crippen LogP contribution in [0.2, 0.25) is 0 Å². The van der Waals surface area contributed by atoms with E-state index in [2.05, 4.69) is 4.98 Å². The van der Waals surface area contributed by atoms with Crippen LogP contribution in [0.1, 0.15) is 23.4 Å². The molecule has 0 aliphatic carbocycles. The lowest BCUT2D eigenvalue weighted by Gasteiger charge is -2.12. The van der Waals surface area contributed by atoms with Crippen molar-refractivity contribution in [2.45, 2.75) is 19.0 Å². The minimum absolute atomic E-state index is 0.154. The number of hydrogen-bond acceptors (Lipinski definition) is 3. The van der Waals surface area contributed by atoms with Gasteiger partial charge < -0.3 is 5.11 Å². The fourth-order valence-electron chi connectivity index (χ4n) is 1.17. The van der Waals surface area contributed by atoms with Crippen molar-refractivity contribution in [2.24, 2.45) is 0 Å². The largest absolute Gasteiger partial charge is 0.506 e. The van der Waals surface area contributed by atoms with Gasteiger partial charge in [-0.15, -0.1) is 0 Å². The number of nitriles is 1. The molecule has 0 saturated heterocycles. The molecule has 0 fully saturated rings. The van der Waals surface area contributed by atoms with E-state index in [1.165, 1.54) is 6.07 Å². The maximum absolute atomic E-state index is 12.4. The number of halogens is 5. The van der Waals surface area contributed by atoms with Gasteiger partial charge in [0.05, 0.1) is 23.7 Å². The Morgan fingerprint density at radius 1 is 1.41 bits per heavy atom. The van der Waals surface area contributed by atoms with Crippen molar-refractivity contribution in [1.82, 2.24) is 4.98 Å². The van der Waals surface area contributed by atoms with Gasteiger partial charge in [-0.05, 0) is 6.07 Å². The molecule has 1 N–H and O–H groups in total. The molecule has 0 amide bonds. The SMILES string of the molecule is N#CCc1nc(C(F)F)c(O)cc1C(F)(F)F. The maximum atomic E-state index is 12.4. The van der Waals surface area contributed by atoms with Crippen LogP contribution in [0.5, 0.6) is 5.75 Å². The molecule has 0 radical (unpaired) electrons. The van der Waals surface area contributed by atoms with Crippen LogP contribution in [-0.2, 0) is 12.6 Å². The second kappa shape index (κ2) is 4.53. The van der Waals surface area contributed by atoms with Crippen LogP contribution in [-0.4, -0.2) is 10.1 Å². The molecule has 0 aliphatic rings. The summed E-state index contributed by atoms with van der Waals surface area (Å²) in [6.45, 7) is 0. The molecule has 0 aromatic carbocycles. The van der Waals surface area contributed by atoms with E-state index in [1.807, 2.05) is 0 Å². The van der Waals surface area contributed by atoms with Gasteiger partial charge in [0.1, 0.15) is 11.4 Å². The predicted molar refractivity (Wildman–Crippen MR) is 45.2 cm³/mol. The fourth-order valence-corrected chi connectivity index (χ4v) is 1.17. The Morgan fingerprint density at radius 2 is 2.00 bits per heavy atom. The molecular formula is C9H5F5N2O. The van der Waals surface area contributed by atoms with Crippen molar-refractivity contribution in [2.75, 3.05) is 0 Å². The maximum Gasteiger partial charge on any atom is 0.418 e. The van der Waals surface area contributed by atoms with Crippen molar-refractivity contribution in [3.63, 3.8) is 0 Å². The average Bonchev–Trinajstić information content (AvgIpc) is 2.18. The van der Waals surface area contributed by atoms with Gasteiger partial charge in [-0.1, -0.05) is 0 Å². The molecule has 1 heterocycles. The Morgan fingerprint density at radius 3 is 2.41 bits per heavy atom. The first-order chi connectivity index (χ1) is 7.77. The van der Waals surface area contributed by atoms with Gasteiger partial charge in [0.25, 0.3) is 6.43 Å². The predicted octanol–water partition coefficient (Wildman–Crippen LogP) is 2.81. The van der Waals surface area contributed by atoms with Crippen LogP contribution < -0.4 is 0 Å². The molecule has 17 heavy (non-hydrogen) atoms.